The Balaban J connectivity index is 1.86. The van der Waals surface area contributed by atoms with Gasteiger partial charge in [0.25, 0.3) is 0 Å². The zero-order valence-electron chi connectivity index (χ0n) is 9.31. The van der Waals surface area contributed by atoms with Crippen molar-refractivity contribution in [1.82, 2.24) is 10.6 Å². The number of carbonyl (C=O) groups excluding carboxylic acids is 1. The van der Waals surface area contributed by atoms with Crippen molar-refractivity contribution in [3.63, 3.8) is 0 Å². The molecule has 0 spiro atoms. The van der Waals surface area contributed by atoms with E-state index in [1.807, 2.05) is 0 Å². The Kier molecular flexibility index (Phi) is 4.94. The highest BCUT2D eigenvalue weighted by atomic mass is 16.1. The Hall–Kier alpha value is -0.570. The smallest absolute Gasteiger partial charge is 0.233 e. The first-order valence-electron chi connectivity index (χ1n) is 5.68. The van der Waals surface area contributed by atoms with E-state index in [0.717, 1.165) is 18.9 Å². The molecule has 1 aliphatic carbocycles. The standard InChI is InChI=1S/C11H22N2O/c1-9(2)4-3-7-12-11(14)8-13-10-5-6-10/h9-10,13H,3-8H2,1-2H3,(H,12,14). The first kappa shape index (κ1) is 11.5. The predicted molar refractivity (Wildman–Crippen MR) is 58.1 cm³/mol. The second kappa shape index (κ2) is 6.02. The van der Waals surface area contributed by atoms with Crippen LogP contribution in [0, 0.1) is 5.92 Å². The van der Waals surface area contributed by atoms with E-state index in [1.54, 1.807) is 0 Å². The maximum atomic E-state index is 11.2. The fourth-order valence-electron chi connectivity index (χ4n) is 1.33. The first-order chi connectivity index (χ1) is 6.68. The van der Waals surface area contributed by atoms with Crippen molar-refractivity contribution < 1.29 is 4.79 Å². The van der Waals surface area contributed by atoms with Crippen LogP contribution in [0.1, 0.15) is 39.5 Å². The molecule has 14 heavy (non-hydrogen) atoms. The molecule has 0 aromatic rings. The minimum atomic E-state index is 0.139. The van der Waals surface area contributed by atoms with E-state index >= 15 is 0 Å². The van der Waals surface area contributed by atoms with E-state index in [2.05, 4.69) is 24.5 Å². The van der Waals surface area contributed by atoms with E-state index in [4.69, 9.17) is 0 Å². The molecule has 0 aliphatic heterocycles. The molecule has 0 radical (unpaired) electrons. The normalized spacial score (nSPS) is 15.9. The fourth-order valence-corrected chi connectivity index (χ4v) is 1.33. The van der Waals surface area contributed by atoms with Gasteiger partial charge in [-0.2, -0.15) is 0 Å². The van der Waals surface area contributed by atoms with Crippen molar-refractivity contribution in [1.29, 1.82) is 0 Å². The zero-order valence-corrected chi connectivity index (χ0v) is 9.31. The van der Waals surface area contributed by atoms with E-state index < -0.39 is 0 Å². The molecule has 1 saturated carbocycles. The van der Waals surface area contributed by atoms with Crippen LogP contribution in [-0.4, -0.2) is 25.0 Å². The van der Waals surface area contributed by atoms with Crippen LogP contribution in [0.5, 0.6) is 0 Å². The van der Waals surface area contributed by atoms with Gasteiger partial charge in [-0.05, 0) is 31.6 Å². The Bertz CT molecular complexity index is 176. The third kappa shape index (κ3) is 5.97. The van der Waals surface area contributed by atoms with Gasteiger partial charge in [-0.15, -0.1) is 0 Å². The molecular weight excluding hydrogens is 176 g/mol. The van der Waals surface area contributed by atoms with Gasteiger partial charge in [-0.1, -0.05) is 13.8 Å². The summed E-state index contributed by atoms with van der Waals surface area (Å²) in [6.45, 7) is 5.72. The van der Waals surface area contributed by atoms with Crippen molar-refractivity contribution in [2.45, 2.75) is 45.6 Å². The second-order valence-electron chi connectivity index (χ2n) is 4.54. The van der Waals surface area contributed by atoms with Gasteiger partial charge in [0.15, 0.2) is 0 Å². The van der Waals surface area contributed by atoms with Crippen molar-refractivity contribution in [2.75, 3.05) is 13.1 Å². The topological polar surface area (TPSA) is 41.1 Å². The lowest BCUT2D eigenvalue weighted by Gasteiger charge is -2.07. The Morgan fingerprint density at radius 2 is 2.14 bits per heavy atom. The minimum Gasteiger partial charge on any atom is -0.355 e. The summed E-state index contributed by atoms with van der Waals surface area (Å²) < 4.78 is 0. The molecule has 0 aromatic carbocycles. The van der Waals surface area contributed by atoms with Crippen LogP contribution in [0.25, 0.3) is 0 Å². The molecule has 0 atom stereocenters. The van der Waals surface area contributed by atoms with Crippen molar-refractivity contribution >= 4 is 5.91 Å². The van der Waals surface area contributed by atoms with Gasteiger partial charge in [0.05, 0.1) is 6.54 Å². The van der Waals surface area contributed by atoms with Crippen LogP contribution in [0.15, 0.2) is 0 Å². The highest BCUT2D eigenvalue weighted by Crippen LogP contribution is 2.17. The molecule has 1 rings (SSSR count). The van der Waals surface area contributed by atoms with Crippen molar-refractivity contribution in [2.24, 2.45) is 5.92 Å². The molecule has 0 bridgehead atoms. The maximum Gasteiger partial charge on any atom is 0.233 e. The van der Waals surface area contributed by atoms with Crippen LogP contribution < -0.4 is 10.6 Å². The average Bonchev–Trinajstić information content (AvgIpc) is 2.92. The summed E-state index contributed by atoms with van der Waals surface area (Å²) in [4.78, 5) is 11.2. The Morgan fingerprint density at radius 1 is 1.43 bits per heavy atom. The van der Waals surface area contributed by atoms with Crippen LogP contribution in [0.2, 0.25) is 0 Å². The number of carbonyl (C=O) groups is 1. The van der Waals surface area contributed by atoms with Gasteiger partial charge in [0, 0.05) is 12.6 Å². The van der Waals surface area contributed by atoms with E-state index in [0.29, 0.717) is 12.6 Å². The molecule has 0 saturated heterocycles. The molecule has 2 N–H and O–H groups in total. The van der Waals surface area contributed by atoms with Crippen molar-refractivity contribution in [3.8, 4) is 0 Å². The lowest BCUT2D eigenvalue weighted by molar-refractivity contribution is -0.120. The van der Waals surface area contributed by atoms with Gasteiger partial charge < -0.3 is 10.6 Å². The summed E-state index contributed by atoms with van der Waals surface area (Å²) in [6, 6.07) is 0.622. The van der Waals surface area contributed by atoms with Gasteiger partial charge in [-0.3, -0.25) is 4.79 Å². The molecule has 1 aliphatic rings. The molecule has 3 nitrogen and oxygen atoms in total. The first-order valence-corrected chi connectivity index (χ1v) is 5.68. The van der Waals surface area contributed by atoms with E-state index in [-0.39, 0.29) is 5.91 Å². The summed E-state index contributed by atoms with van der Waals surface area (Å²) in [5.41, 5.74) is 0. The molecule has 82 valence electrons. The molecule has 0 heterocycles. The highest BCUT2D eigenvalue weighted by molar-refractivity contribution is 5.77. The molecule has 1 amide bonds. The molecule has 3 heteroatoms. The van der Waals surface area contributed by atoms with Gasteiger partial charge in [0.2, 0.25) is 5.91 Å². The van der Waals surface area contributed by atoms with E-state index in [9.17, 15) is 4.79 Å². The summed E-state index contributed by atoms with van der Waals surface area (Å²) in [6.07, 6.45) is 4.75. The third-order valence-corrected chi connectivity index (χ3v) is 2.41. The number of rotatable bonds is 7. The number of hydrogen-bond donors (Lipinski definition) is 2. The average molecular weight is 198 g/mol. The minimum absolute atomic E-state index is 0.139. The number of hydrogen-bond acceptors (Lipinski definition) is 2. The van der Waals surface area contributed by atoms with Crippen LogP contribution in [0.4, 0.5) is 0 Å². The Labute approximate surface area is 86.6 Å². The van der Waals surface area contributed by atoms with Gasteiger partial charge in [-0.25, -0.2) is 0 Å². The number of amides is 1. The van der Waals surface area contributed by atoms with Crippen LogP contribution in [0.3, 0.4) is 0 Å². The monoisotopic (exact) mass is 198 g/mol. The van der Waals surface area contributed by atoms with Gasteiger partial charge in [0.1, 0.15) is 0 Å². The number of nitrogens with one attached hydrogen (secondary N) is 2. The van der Waals surface area contributed by atoms with Crippen LogP contribution >= 0.6 is 0 Å². The van der Waals surface area contributed by atoms with Crippen LogP contribution in [-0.2, 0) is 4.79 Å². The second-order valence-corrected chi connectivity index (χ2v) is 4.54. The lowest BCUT2D eigenvalue weighted by atomic mass is 10.1. The third-order valence-electron chi connectivity index (χ3n) is 2.41. The molecule has 1 fully saturated rings. The lowest BCUT2D eigenvalue weighted by Crippen LogP contribution is -2.35. The van der Waals surface area contributed by atoms with Crippen molar-refractivity contribution in [3.05, 3.63) is 0 Å². The fraction of sp³-hybridized carbons (Fsp3) is 0.909. The summed E-state index contributed by atoms with van der Waals surface area (Å²) in [5.74, 6) is 0.872. The maximum absolute atomic E-state index is 11.2. The molecule has 0 aromatic heterocycles. The Morgan fingerprint density at radius 3 is 2.71 bits per heavy atom. The summed E-state index contributed by atoms with van der Waals surface area (Å²) >= 11 is 0. The summed E-state index contributed by atoms with van der Waals surface area (Å²) in [7, 11) is 0. The predicted octanol–water partition coefficient (Wildman–Crippen LogP) is 1.29. The highest BCUT2D eigenvalue weighted by Gasteiger charge is 2.20. The molecule has 0 unspecified atom stereocenters. The summed E-state index contributed by atoms with van der Waals surface area (Å²) in [5, 5.41) is 6.11. The quantitative estimate of drug-likeness (QED) is 0.605. The SMILES string of the molecule is CC(C)CCCNC(=O)CNC1CC1. The molecular formula is C11H22N2O. The van der Waals surface area contributed by atoms with E-state index in [1.165, 1.54) is 19.3 Å². The van der Waals surface area contributed by atoms with Gasteiger partial charge >= 0.3 is 0 Å². The zero-order chi connectivity index (χ0) is 10.4. The largest absolute Gasteiger partial charge is 0.355 e.